The highest BCUT2D eigenvalue weighted by Gasteiger charge is 2.32. The number of hydrogen-bond acceptors (Lipinski definition) is 2. The first-order chi connectivity index (χ1) is 12.9. The van der Waals surface area contributed by atoms with Crippen molar-refractivity contribution in [2.24, 2.45) is 4.99 Å². The lowest BCUT2D eigenvalue weighted by atomic mass is 9.82. The fourth-order valence-corrected chi connectivity index (χ4v) is 5.38. The van der Waals surface area contributed by atoms with Crippen LogP contribution in [0.15, 0.2) is 35.3 Å². The molecule has 0 aliphatic rings. The molecule has 0 saturated heterocycles. The summed E-state index contributed by atoms with van der Waals surface area (Å²) in [5, 5.41) is 12.5. The number of rotatable bonds is 5. The van der Waals surface area contributed by atoms with Crippen LogP contribution < -0.4 is 5.30 Å². The predicted molar refractivity (Wildman–Crippen MR) is 126 cm³/mol. The first kappa shape index (κ1) is 22.6. The van der Waals surface area contributed by atoms with Gasteiger partial charge in [0.2, 0.25) is 0 Å². The van der Waals surface area contributed by atoms with Gasteiger partial charge >= 0.3 is 0 Å². The molecule has 0 amide bonds. The van der Waals surface area contributed by atoms with E-state index in [0.717, 1.165) is 23.3 Å². The summed E-state index contributed by atoms with van der Waals surface area (Å²) >= 11 is 0. The molecule has 28 heavy (non-hydrogen) atoms. The Morgan fingerprint density at radius 3 is 2.21 bits per heavy atom. The van der Waals surface area contributed by atoms with Gasteiger partial charge in [-0.25, -0.2) is 0 Å². The van der Waals surface area contributed by atoms with Crippen LogP contribution in [0.5, 0.6) is 5.75 Å². The predicted octanol–water partition coefficient (Wildman–Crippen LogP) is 6.37. The smallest absolute Gasteiger partial charge is 0.123 e. The molecule has 0 heterocycles. The van der Waals surface area contributed by atoms with Crippen molar-refractivity contribution in [1.82, 2.24) is 0 Å². The lowest BCUT2D eigenvalue weighted by molar-refractivity contribution is 0.430. The van der Waals surface area contributed by atoms with E-state index in [1.807, 2.05) is 7.05 Å². The number of hydrogen-bond donors (Lipinski definition) is 1. The molecule has 2 atom stereocenters. The topological polar surface area (TPSA) is 32.6 Å². The molecule has 0 aromatic heterocycles. The molecule has 2 nitrogen and oxygen atoms in total. The normalized spacial score (nSPS) is 15.2. The summed E-state index contributed by atoms with van der Waals surface area (Å²) < 4.78 is 0. The molecule has 152 valence electrons. The third-order valence-corrected chi connectivity index (χ3v) is 7.85. The van der Waals surface area contributed by atoms with Crippen LogP contribution in [0, 0.1) is 13.8 Å². The minimum Gasteiger partial charge on any atom is -0.507 e. The highest BCUT2D eigenvalue weighted by molar-refractivity contribution is 7.49. The Morgan fingerprint density at radius 2 is 1.68 bits per heavy atom. The van der Waals surface area contributed by atoms with Gasteiger partial charge < -0.3 is 5.11 Å². The number of aryl methyl sites for hydroxylation is 2. The zero-order valence-corrected chi connectivity index (χ0v) is 20.0. The van der Waals surface area contributed by atoms with Crippen LogP contribution in [0.1, 0.15) is 75.8 Å². The van der Waals surface area contributed by atoms with Gasteiger partial charge in [-0.2, -0.15) is 0 Å². The van der Waals surface area contributed by atoms with Gasteiger partial charge in [0, 0.05) is 29.0 Å². The van der Waals surface area contributed by atoms with E-state index in [1.165, 1.54) is 22.0 Å². The van der Waals surface area contributed by atoms with Gasteiger partial charge in [0.05, 0.1) is 0 Å². The Labute approximate surface area is 173 Å². The summed E-state index contributed by atoms with van der Waals surface area (Å²) in [7, 11) is 2.40. The number of benzene rings is 2. The lowest BCUT2D eigenvalue weighted by Crippen LogP contribution is -2.24. The van der Waals surface area contributed by atoms with E-state index >= 15 is 0 Å². The average Bonchev–Trinajstić information content (AvgIpc) is 2.63. The SMILES string of the molecule is CCC(C)(Pc1c(C)cccc1C(C)=NC)c1cc(C)cc(C(C)(C)C)c1O. The molecular weight excluding hydrogens is 361 g/mol. The summed E-state index contributed by atoms with van der Waals surface area (Å²) in [6.07, 6.45) is 0.960. The van der Waals surface area contributed by atoms with Crippen molar-refractivity contribution in [2.75, 3.05) is 7.05 Å². The van der Waals surface area contributed by atoms with Gasteiger partial charge in [0.1, 0.15) is 5.75 Å². The van der Waals surface area contributed by atoms with Gasteiger partial charge in [0.15, 0.2) is 0 Å². The van der Waals surface area contributed by atoms with E-state index < -0.39 is 0 Å². The maximum Gasteiger partial charge on any atom is 0.123 e. The molecule has 2 rings (SSSR count). The Balaban J connectivity index is 2.68. The summed E-state index contributed by atoms with van der Waals surface area (Å²) in [6.45, 7) is 17.4. The summed E-state index contributed by atoms with van der Waals surface area (Å²) in [4.78, 5) is 4.44. The number of aliphatic imine (C=N–C) groups is 1. The standard InChI is InChI=1S/C25H36NOP/c1-10-25(8,21-15-16(2)14-20(22(21)27)24(5,6)7)28-23-17(3)12-11-13-19(23)18(4)26-9/h11-15,27-28H,10H2,1-9H3. The van der Waals surface area contributed by atoms with Gasteiger partial charge in [-0.1, -0.05) is 79.1 Å². The van der Waals surface area contributed by atoms with Crippen molar-refractivity contribution < 1.29 is 5.11 Å². The van der Waals surface area contributed by atoms with E-state index in [2.05, 4.69) is 90.7 Å². The number of phenolic OH excluding ortho intramolecular Hbond substituents is 1. The molecule has 0 fully saturated rings. The summed E-state index contributed by atoms with van der Waals surface area (Å²) in [5.74, 6) is 0.464. The quantitative estimate of drug-likeness (QED) is 0.461. The van der Waals surface area contributed by atoms with E-state index in [-0.39, 0.29) is 10.6 Å². The highest BCUT2D eigenvalue weighted by atomic mass is 31.1. The van der Waals surface area contributed by atoms with E-state index in [1.54, 1.807) is 0 Å². The van der Waals surface area contributed by atoms with Gasteiger partial charge in [-0.3, -0.25) is 4.99 Å². The van der Waals surface area contributed by atoms with Crippen LogP contribution in [-0.2, 0) is 10.6 Å². The van der Waals surface area contributed by atoms with E-state index in [9.17, 15) is 5.11 Å². The fraction of sp³-hybridized carbons (Fsp3) is 0.480. The molecule has 0 aliphatic heterocycles. The summed E-state index contributed by atoms with van der Waals surface area (Å²) in [5.41, 5.74) is 6.79. The Morgan fingerprint density at radius 1 is 1.07 bits per heavy atom. The Bertz CT molecular complexity index is 892. The van der Waals surface area contributed by atoms with Crippen LogP contribution >= 0.6 is 8.58 Å². The van der Waals surface area contributed by atoms with Crippen LogP contribution in [-0.4, -0.2) is 17.9 Å². The molecule has 0 spiro atoms. The molecule has 2 unspecified atom stereocenters. The minimum atomic E-state index is -0.134. The van der Waals surface area contributed by atoms with Crippen LogP contribution in [0.4, 0.5) is 0 Å². The molecule has 0 bridgehead atoms. The fourth-order valence-electron chi connectivity index (χ4n) is 3.65. The lowest BCUT2D eigenvalue weighted by Gasteiger charge is -2.34. The third kappa shape index (κ3) is 4.49. The first-order valence-corrected chi connectivity index (χ1v) is 11.1. The van der Waals surface area contributed by atoms with Gasteiger partial charge in [-0.05, 0) is 49.0 Å². The van der Waals surface area contributed by atoms with E-state index in [4.69, 9.17) is 0 Å². The number of phenols is 1. The van der Waals surface area contributed by atoms with Crippen molar-refractivity contribution >= 4 is 19.6 Å². The third-order valence-electron chi connectivity index (χ3n) is 5.76. The highest BCUT2D eigenvalue weighted by Crippen LogP contribution is 2.50. The van der Waals surface area contributed by atoms with Crippen LogP contribution in [0.25, 0.3) is 0 Å². The largest absolute Gasteiger partial charge is 0.507 e. The zero-order chi connectivity index (χ0) is 21.3. The molecule has 3 heteroatoms. The van der Waals surface area contributed by atoms with Crippen molar-refractivity contribution in [1.29, 1.82) is 0 Å². The van der Waals surface area contributed by atoms with Crippen molar-refractivity contribution in [3.8, 4) is 5.75 Å². The van der Waals surface area contributed by atoms with Crippen molar-refractivity contribution in [3.63, 3.8) is 0 Å². The summed E-state index contributed by atoms with van der Waals surface area (Å²) in [6, 6.07) is 10.8. The molecule has 0 aliphatic carbocycles. The molecule has 0 radical (unpaired) electrons. The van der Waals surface area contributed by atoms with Crippen LogP contribution in [0.2, 0.25) is 0 Å². The molecule has 1 N–H and O–H groups in total. The van der Waals surface area contributed by atoms with E-state index in [0.29, 0.717) is 14.3 Å². The minimum absolute atomic E-state index is 0.0953. The zero-order valence-electron chi connectivity index (χ0n) is 19.0. The Kier molecular flexibility index (Phi) is 6.77. The van der Waals surface area contributed by atoms with Gasteiger partial charge in [-0.15, -0.1) is 0 Å². The number of nitrogens with zero attached hydrogens (tertiary/aromatic N) is 1. The molecule has 2 aromatic rings. The Hall–Kier alpha value is -1.66. The second-order valence-electron chi connectivity index (χ2n) is 9.08. The molecule has 0 saturated carbocycles. The number of aromatic hydroxyl groups is 1. The second-order valence-corrected chi connectivity index (χ2v) is 10.9. The van der Waals surface area contributed by atoms with Crippen LogP contribution in [0.3, 0.4) is 0 Å². The molecular formula is C25H36NOP. The van der Waals surface area contributed by atoms with Crippen molar-refractivity contribution in [2.45, 2.75) is 72.4 Å². The maximum atomic E-state index is 11.3. The first-order valence-electron chi connectivity index (χ1n) is 10.1. The average molecular weight is 398 g/mol. The second kappa shape index (κ2) is 8.37. The van der Waals surface area contributed by atoms with Gasteiger partial charge in [0.25, 0.3) is 0 Å². The van der Waals surface area contributed by atoms with Crippen molar-refractivity contribution in [3.05, 3.63) is 58.1 Å². The maximum absolute atomic E-state index is 11.3. The monoisotopic (exact) mass is 397 g/mol. The molecule has 2 aromatic carbocycles.